The van der Waals surface area contributed by atoms with E-state index in [-0.39, 0.29) is 17.9 Å². The van der Waals surface area contributed by atoms with E-state index in [1.54, 1.807) is 28.9 Å². The number of nitrogens with one attached hydrogen (secondary N) is 1. The molecule has 2 atom stereocenters. The van der Waals surface area contributed by atoms with E-state index in [2.05, 4.69) is 10.3 Å². The van der Waals surface area contributed by atoms with Crippen molar-refractivity contribution in [2.24, 2.45) is 0 Å². The van der Waals surface area contributed by atoms with Crippen molar-refractivity contribution in [3.63, 3.8) is 0 Å². The second-order valence-corrected chi connectivity index (χ2v) is 6.30. The molecule has 0 radical (unpaired) electrons. The number of amides is 2. The summed E-state index contributed by atoms with van der Waals surface area (Å²) in [5.41, 5.74) is 1.40. The molecule has 0 aromatic carbocycles. The number of aromatic nitrogens is 1. The molecule has 2 heterocycles. The first-order valence-corrected chi connectivity index (χ1v) is 8.30. The van der Waals surface area contributed by atoms with Gasteiger partial charge in [0.05, 0.1) is 11.4 Å². The minimum Gasteiger partial charge on any atom is -0.352 e. The van der Waals surface area contributed by atoms with Gasteiger partial charge in [-0.2, -0.15) is 0 Å². The molecule has 1 N–H and O–H groups in total. The third-order valence-electron chi connectivity index (χ3n) is 3.61. The maximum atomic E-state index is 12.5. The summed E-state index contributed by atoms with van der Waals surface area (Å²) < 4.78 is 0. The zero-order valence-electron chi connectivity index (χ0n) is 12.6. The molecule has 1 aliphatic rings. The van der Waals surface area contributed by atoms with Crippen LogP contribution in [-0.2, 0) is 4.79 Å². The highest BCUT2D eigenvalue weighted by atomic mass is 32.2. The van der Waals surface area contributed by atoms with Gasteiger partial charge in [-0.15, -0.1) is 11.8 Å². The maximum Gasteiger partial charge on any atom is 0.256 e. The lowest BCUT2D eigenvalue weighted by atomic mass is 10.2. The number of hydrogen-bond donors (Lipinski definition) is 1. The molecule has 1 aromatic heterocycles. The predicted octanol–water partition coefficient (Wildman–Crippen LogP) is 1.82. The third kappa shape index (κ3) is 3.75. The van der Waals surface area contributed by atoms with Crippen molar-refractivity contribution in [1.29, 1.82) is 0 Å². The Hall–Kier alpha value is -1.56. The Kier molecular flexibility index (Phi) is 5.22. The van der Waals surface area contributed by atoms with Gasteiger partial charge >= 0.3 is 0 Å². The zero-order valence-corrected chi connectivity index (χ0v) is 13.4. The molecular formula is C15H21N3O2S. The lowest BCUT2D eigenvalue weighted by Crippen LogP contribution is -2.49. The maximum absolute atomic E-state index is 12.5. The highest BCUT2D eigenvalue weighted by Crippen LogP contribution is 2.23. The number of carbonyl (C=O) groups is 2. The van der Waals surface area contributed by atoms with Crippen molar-refractivity contribution < 1.29 is 9.59 Å². The smallest absolute Gasteiger partial charge is 0.256 e. The molecule has 1 fully saturated rings. The van der Waals surface area contributed by atoms with Crippen molar-refractivity contribution >= 4 is 23.6 Å². The average Bonchev–Trinajstić information content (AvgIpc) is 2.96. The fourth-order valence-corrected chi connectivity index (χ4v) is 3.22. The van der Waals surface area contributed by atoms with Crippen LogP contribution < -0.4 is 5.32 Å². The van der Waals surface area contributed by atoms with Gasteiger partial charge < -0.3 is 10.2 Å². The second-order valence-electron chi connectivity index (χ2n) is 5.30. The van der Waals surface area contributed by atoms with Crippen LogP contribution in [0.25, 0.3) is 0 Å². The molecule has 0 aliphatic carbocycles. The van der Waals surface area contributed by atoms with E-state index in [1.165, 1.54) is 0 Å². The summed E-state index contributed by atoms with van der Waals surface area (Å²) in [7, 11) is 0. The van der Waals surface area contributed by atoms with Gasteiger partial charge in [0.2, 0.25) is 5.91 Å². The highest BCUT2D eigenvalue weighted by molar-refractivity contribution is 7.99. The van der Waals surface area contributed by atoms with Gasteiger partial charge in [0.25, 0.3) is 5.91 Å². The number of carbonyl (C=O) groups excluding carboxylic acids is 2. The van der Waals surface area contributed by atoms with Gasteiger partial charge in [0, 0.05) is 23.7 Å². The molecule has 6 heteroatoms. The molecule has 114 valence electrons. The fraction of sp³-hybridized carbons (Fsp3) is 0.533. The molecule has 5 nitrogen and oxygen atoms in total. The third-order valence-corrected chi connectivity index (χ3v) is 4.62. The Labute approximate surface area is 129 Å². The molecule has 21 heavy (non-hydrogen) atoms. The van der Waals surface area contributed by atoms with Gasteiger partial charge in [-0.25, -0.2) is 0 Å². The second kappa shape index (κ2) is 6.93. The Morgan fingerprint density at radius 3 is 2.90 bits per heavy atom. The van der Waals surface area contributed by atoms with Crippen molar-refractivity contribution in [2.45, 2.75) is 39.3 Å². The van der Waals surface area contributed by atoms with Crippen LogP contribution in [0.4, 0.5) is 0 Å². The summed E-state index contributed by atoms with van der Waals surface area (Å²) in [6.45, 7) is 5.87. The highest BCUT2D eigenvalue weighted by Gasteiger charge is 2.35. The van der Waals surface area contributed by atoms with Crippen LogP contribution in [0.1, 0.15) is 36.3 Å². The number of hydrogen-bond acceptors (Lipinski definition) is 4. The SMILES string of the molecule is CC[C@H](C)NC(=O)[C@@H]1CSCN1C(=O)c1ccc(C)nc1. The molecule has 2 rings (SSSR count). The lowest BCUT2D eigenvalue weighted by Gasteiger charge is -2.24. The van der Waals surface area contributed by atoms with Crippen LogP contribution in [0.5, 0.6) is 0 Å². The topological polar surface area (TPSA) is 62.3 Å². The van der Waals surface area contributed by atoms with E-state index in [0.29, 0.717) is 17.2 Å². The van der Waals surface area contributed by atoms with Gasteiger partial charge in [-0.3, -0.25) is 14.6 Å². The van der Waals surface area contributed by atoms with E-state index in [1.807, 2.05) is 26.8 Å². The van der Waals surface area contributed by atoms with Crippen molar-refractivity contribution in [3.05, 3.63) is 29.6 Å². The molecule has 2 amide bonds. The van der Waals surface area contributed by atoms with Crippen molar-refractivity contribution in [3.8, 4) is 0 Å². The van der Waals surface area contributed by atoms with Crippen LogP contribution >= 0.6 is 11.8 Å². The molecular weight excluding hydrogens is 286 g/mol. The molecule has 0 spiro atoms. The summed E-state index contributed by atoms with van der Waals surface area (Å²) in [5.74, 6) is 0.998. The first kappa shape index (κ1) is 15.8. The van der Waals surface area contributed by atoms with Crippen LogP contribution in [0.2, 0.25) is 0 Å². The Bertz CT molecular complexity index is 518. The number of thioether (sulfide) groups is 1. The monoisotopic (exact) mass is 307 g/mol. The van der Waals surface area contributed by atoms with Gasteiger partial charge in [-0.05, 0) is 32.4 Å². The van der Waals surface area contributed by atoms with E-state index < -0.39 is 6.04 Å². The summed E-state index contributed by atoms with van der Waals surface area (Å²) in [6, 6.07) is 3.31. The van der Waals surface area contributed by atoms with Crippen LogP contribution in [-0.4, -0.2) is 45.4 Å². The summed E-state index contributed by atoms with van der Waals surface area (Å²) in [6.07, 6.45) is 2.45. The molecule has 0 bridgehead atoms. The number of aryl methyl sites for hydroxylation is 1. The number of nitrogens with zero attached hydrogens (tertiary/aromatic N) is 2. The minimum atomic E-state index is -0.391. The first-order valence-electron chi connectivity index (χ1n) is 7.14. The summed E-state index contributed by atoms with van der Waals surface area (Å²) in [5, 5.41) is 2.96. The largest absolute Gasteiger partial charge is 0.352 e. The van der Waals surface area contributed by atoms with E-state index >= 15 is 0 Å². The normalized spacial score (nSPS) is 19.4. The Morgan fingerprint density at radius 1 is 1.52 bits per heavy atom. The van der Waals surface area contributed by atoms with E-state index in [4.69, 9.17) is 0 Å². The molecule has 1 aliphatic heterocycles. The van der Waals surface area contributed by atoms with Crippen LogP contribution in [0, 0.1) is 6.92 Å². The minimum absolute atomic E-state index is 0.0669. The molecule has 1 saturated heterocycles. The number of pyridine rings is 1. The van der Waals surface area contributed by atoms with Gasteiger partial charge in [0.15, 0.2) is 0 Å². The van der Waals surface area contributed by atoms with Gasteiger partial charge in [-0.1, -0.05) is 6.92 Å². The number of rotatable bonds is 4. The van der Waals surface area contributed by atoms with Gasteiger partial charge in [0.1, 0.15) is 6.04 Å². The van der Waals surface area contributed by atoms with Crippen molar-refractivity contribution in [1.82, 2.24) is 15.2 Å². The Morgan fingerprint density at radius 2 is 2.29 bits per heavy atom. The first-order chi connectivity index (χ1) is 10.0. The molecule has 0 saturated carbocycles. The standard InChI is InChI=1S/C15H21N3O2S/c1-4-10(2)17-14(19)13-8-21-9-18(13)15(20)12-6-5-11(3)16-7-12/h5-7,10,13H,4,8-9H2,1-3H3,(H,17,19)/t10-,13-/m0/s1. The molecule has 0 unspecified atom stereocenters. The predicted molar refractivity (Wildman–Crippen MR) is 84.2 cm³/mol. The van der Waals surface area contributed by atoms with Crippen LogP contribution in [0.3, 0.4) is 0 Å². The van der Waals surface area contributed by atoms with E-state index in [9.17, 15) is 9.59 Å². The fourth-order valence-electron chi connectivity index (χ4n) is 2.06. The quantitative estimate of drug-likeness (QED) is 0.921. The summed E-state index contributed by atoms with van der Waals surface area (Å²) >= 11 is 1.60. The van der Waals surface area contributed by atoms with E-state index in [0.717, 1.165) is 12.1 Å². The summed E-state index contributed by atoms with van der Waals surface area (Å²) in [4.78, 5) is 30.6. The van der Waals surface area contributed by atoms with Crippen molar-refractivity contribution in [2.75, 3.05) is 11.6 Å². The molecule has 1 aromatic rings. The lowest BCUT2D eigenvalue weighted by molar-refractivity contribution is -0.125. The zero-order chi connectivity index (χ0) is 15.4. The van der Waals surface area contributed by atoms with Crippen LogP contribution in [0.15, 0.2) is 18.3 Å². The average molecular weight is 307 g/mol. The Balaban J connectivity index is 2.09.